The molecule has 1 aromatic heterocycles. The van der Waals surface area contributed by atoms with Crippen LogP contribution in [0.1, 0.15) is 24.0 Å². The normalized spacial score (nSPS) is 12.0. The Labute approximate surface area is 127 Å². The van der Waals surface area contributed by atoms with Gasteiger partial charge in [0.25, 0.3) is 0 Å². The summed E-state index contributed by atoms with van der Waals surface area (Å²) in [7, 11) is 1.78. The van der Waals surface area contributed by atoms with Gasteiger partial charge in [0, 0.05) is 19.4 Å². The molecule has 2 rings (SSSR count). The Balaban J connectivity index is 2.22. The van der Waals surface area contributed by atoms with Gasteiger partial charge in [0.15, 0.2) is 0 Å². The molecule has 4 heteroatoms. The summed E-state index contributed by atoms with van der Waals surface area (Å²) in [5, 5.41) is 0. The minimum Gasteiger partial charge on any atom is -0.314 e. The number of pyridine rings is 1. The van der Waals surface area contributed by atoms with Gasteiger partial charge in [-0.25, -0.2) is 0 Å². The van der Waals surface area contributed by atoms with Crippen LogP contribution < -0.4 is 4.90 Å². The van der Waals surface area contributed by atoms with Crippen molar-refractivity contribution in [1.82, 2.24) is 4.98 Å². The number of carbonyl (C=O) groups excluding carboxylic acids is 1. The number of carbonyl (C=O) groups is 1. The first-order chi connectivity index (χ1) is 9.50. The first kappa shape index (κ1) is 14.7. The fourth-order valence-electron chi connectivity index (χ4n) is 2.05. The first-order valence-corrected chi connectivity index (χ1v) is 7.23. The van der Waals surface area contributed by atoms with Crippen LogP contribution in [0.25, 0.3) is 0 Å². The van der Waals surface area contributed by atoms with Crippen molar-refractivity contribution in [3.8, 4) is 0 Å². The molecule has 1 aromatic carbocycles. The second-order valence-electron chi connectivity index (χ2n) is 4.86. The number of aryl methyl sites for hydroxylation is 1. The van der Waals surface area contributed by atoms with Crippen molar-refractivity contribution in [3.63, 3.8) is 0 Å². The van der Waals surface area contributed by atoms with Crippen molar-refractivity contribution in [2.24, 2.45) is 0 Å². The molecule has 2 aromatic rings. The Bertz CT molecular complexity index is 610. The number of rotatable bonds is 3. The number of likely N-dealkylation sites (N-methyl/N-ethyl adjacent to an activating group) is 1. The number of hydrogen-bond acceptors (Lipinski definition) is 2. The molecule has 3 nitrogen and oxygen atoms in total. The first-order valence-electron chi connectivity index (χ1n) is 6.44. The number of anilines is 1. The van der Waals surface area contributed by atoms with Gasteiger partial charge >= 0.3 is 0 Å². The molecule has 0 N–H and O–H groups in total. The van der Waals surface area contributed by atoms with Gasteiger partial charge < -0.3 is 4.90 Å². The maximum absolute atomic E-state index is 12.6. The maximum atomic E-state index is 12.6. The van der Waals surface area contributed by atoms with Crippen molar-refractivity contribution >= 4 is 27.5 Å². The average molecular weight is 333 g/mol. The molecule has 0 bridgehead atoms. The quantitative estimate of drug-likeness (QED) is 0.853. The largest absolute Gasteiger partial charge is 0.314 e. The molecule has 0 spiro atoms. The van der Waals surface area contributed by atoms with E-state index in [0.29, 0.717) is 0 Å². The Morgan fingerprint density at radius 3 is 2.50 bits per heavy atom. The third-order valence-corrected chi connectivity index (χ3v) is 4.00. The van der Waals surface area contributed by atoms with Gasteiger partial charge in [0.2, 0.25) is 5.91 Å². The van der Waals surface area contributed by atoms with Crippen LogP contribution in [0.3, 0.4) is 0 Å². The predicted molar refractivity (Wildman–Crippen MR) is 84.9 cm³/mol. The summed E-state index contributed by atoms with van der Waals surface area (Å²) < 4.78 is 0.812. The topological polar surface area (TPSA) is 33.2 Å². The third-order valence-electron chi connectivity index (χ3n) is 3.39. The number of nitrogens with zero attached hydrogens (tertiary/aromatic N) is 2. The number of halogens is 1. The van der Waals surface area contributed by atoms with E-state index >= 15 is 0 Å². The lowest BCUT2D eigenvalue weighted by atomic mass is 9.98. The summed E-state index contributed by atoms with van der Waals surface area (Å²) in [5.74, 6) is -0.124. The summed E-state index contributed by atoms with van der Waals surface area (Å²) in [4.78, 5) is 18.2. The van der Waals surface area contributed by atoms with E-state index in [1.54, 1.807) is 24.3 Å². The van der Waals surface area contributed by atoms with E-state index < -0.39 is 0 Å². The van der Waals surface area contributed by atoms with Crippen LogP contribution in [-0.4, -0.2) is 17.9 Å². The van der Waals surface area contributed by atoms with E-state index in [4.69, 9.17) is 0 Å². The van der Waals surface area contributed by atoms with E-state index in [9.17, 15) is 4.79 Å². The molecule has 1 amide bonds. The number of amides is 1. The molecule has 0 aliphatic carbocycles. The molecular weight excluding hydrogens is 316 g/mol. The molecule has 0 aliphatic rings. The van der Waals surface area contributed by atoms with Crippen LogP contribution in [0, 0.1) is 6.92 Å². The van der Waals surface area contributed by atoms with E-state index in [0.717, 1.165) is 15.7 Å². The van der Waals surface area contributed by atoms with Gasteiger partial charge in [0.05, 0.1) is 16.1 Å². The minimum absolute atomic E-state index is 0.0563. The smallest absolute Gasteiger partial charge is 0.234 e. The standard InChI is InChI=1S/C16H17BrN2O/c1-11-4-6-13(7-5-11)12(2)16(20)19(3)15-8-9-18-10-14(15)17/h4-10,12H,1-3H3. The Morgan fingerprint density at radius 2 is 1.90 bits per heavy atom. The summed E-state index contributed by atoms with van der Waals surface area (Å²) in [6, 6.07) is 9.90. The van der Waals surface area contributed by atoms with Gasteiger partial charge in [-0.1, -0.05) is 29.8 Å². The predicted octanol–water partition coefficient (Wildman–Crippen LogP) is 3.92. The molecule has 20 heavy (non-hydrogen) atoms. The lowest BCUT2D eigenvalue weighted by Crippen LogP contribution is -2.30. The number of benzene rings is 1. The molecule has 0 fully saturated rings. The monoisotopic (exact) mass is 332 g/mol. The fourth-order valence-corrected chi connectivity index (χ4v) is 2.56. The fraction of sp³-hybridized carbons (Fsp3) is 0.250. The second-order valence-corrected chi connectivity index (χ2v) is 5.71. The molecule has 1 unspecified atom stereocenters. The van der Waals surface area contributed by atoms with E-state index in [2.05, 4.69) is 20.9 Å². The van der Waals surface area contributed by atoms with Crippen LogP contribution in [0.2, 0.25) is 0 Å². The van der Waals surface area contributed by atoms with Crippen molar-refractivity contribution < 1.29 is 4.79 Å². The molecule has 0 radical (unpaired) electrons. The molecular formula is C16H17BrN2O. The molecule has 104 valence electrons. The number of hydrogen-bond donors (Lipinski definition) is 0. The van der Waals surface area contributed by atoms with Crippen LogP contribution in [0.15, 0.2) is 47.2 Å². The molecule has 0 saturated carbocycles. The second kappa shape index (κ2) is 6.18. The lowest BCUT2D eigenvalue weighted by molar-refractivity contribution is -0.119. The molecule has 0 aliphatic heterocycles. The van der Waals surface area contributed by atoms with Gasteiger partial charge in [0.1, 0.15) is 0 Å². The van der Waals surface area contributed by atoms with Crippen molar-refractivity contribution in [2.75, 3.05) is 11.9 Å². The van der Waals surface area contributed by atoms with E-state index in [1.165, 1.54) is 5.56 Å². The minimum atomic E-state index is -0.180. The molecule has 1 atom stereocenters. The Morgan fingerprint density at radius 1 is 1.25 bits per heavy atom. The van der Waals surface area contributed by atoms with Crippen LogP contribution in [0.5, 0.6) is 0 Å². The summed E-state index contributed by atoms with van der Waals surface area (Å²) >= 11 is 3.42. The molecule has 1 heterocycles. The van der Waals surface area contributed by atoms with E-state index in [1.807, 2.05) is 44.2 Å². The highest BCUT2D eigenvalue weighted by molar-refractivity contribution is 9.10. The van der Waals surface area contributed by atoms with Crippen LogP contribution >= 0.6 is 15.9 Å². The highest BCUT2D eigenvalue weighted by Gasteiger charge is 2.21. The van der Waals surface area contributed by atoms with Crippen molar-refractivity contribution in [3.05, 3.63) is 58.3 Å². The maximum Gasteiger partial charge on any atom is 0.234 e. The third kappa shape index (κ3) is 3.07. The zero-order chi connectivity index (χ0) is 14.7. The summed E-state index contributed by atoms with van der Waals surface area (Å²) in [6.07, 6.45) is 3.37. The van der Waals surface area contributed by atoms with Gasteiger partial charge in [-0.15, -0.1) is 0 Å². The number of aromatic nitrogens is 1. The van der Waals surface area contributed by atoms with Gasteiger partial charge in [-0.05, 0) is 41.4 Å². The van der Waals surface area contributed by atoms with Crippen molar-refractivity contribution in [2.45, 2.75) is 19.8 Å². The van der Waals surface area contributed by atoms with Gasteiger partial charge in [-0.3, -0.25) is 9.78 Å². The average Bonchev–Trinajstić information content (AvgIpc) is 2.46. The van der Waals surface area contributed by atoms with Crippen molar-refractivity contribution in [1.29, 1.82) is 0 Å². The lowest BCUT2D eigenvalue weighted by Gasteiger charge is -2.22. The zero-order valence-corrected chi connectivity index (χ0v) is 13.4. The van der Waals surface area contributed by atoms with E-state index in [-0.39, 0.29) is 11.8 Å². The molecule has 0 saturated heterocycles. The highest BCUT2D eigenvalue weighted by atomic mass is 79.9. The highest BCUT2D eigenvalue weighted by Crippen LogP contribution is 2.27. The summed E-state index contributed by atoms with van der Waals surface area (Å²) in [5.41, 5.74) is 3.04. The summed E-state index contributed by atoms with van der Waals surface area (Å²) in [6.45, 7) is 3.97. The van der Waals surface area contributed by atoms with Crippen LogP contribution in [-0.2, 0) is 4.79 Å². The Kier molecular flexibility index (Phi) is 4.55. The zero-order valence-electron chi connectivity index (χ0n) is 11.8. The van der Waals surface area contributed by atoms with Gasteiger partial charge in [-0.2, -0.15) is 0 Å². The Hall–Kier alpha value is -1.68. The SMILES string of the molecule is Cc1ccc(C(C)C(=O)N(C)c2ccncc2Br)cc1. The van der Waals surface area contributed by atoms with Crippen LogP contribution in [0.4, 0.5) is 5.69 Å².